The van der Waals surface area contributed by atoms with Gasteiger partial charge in [-0.3, -0.25) is 9.89 Å². The second-order valence-corrected chi connectivity index (χ2v) is 8.25. The zero-order valence-electron chi connectivity index (χ0n) is 15.5. The summed E-state index contributed by atoms with van der Waals surface area (Å²) in [5.74, 6) is 1.04. The van der Waals surface area contributed by atoms with Gasteiger partial charge in [-0.25, -0.2) is 0 Å². The monoisotopic (exact) mass is 478 g/mol. The molecular formula is C18H31IN4OS. The number of hydrogen-bond donors (Lipinski definition) is 1. The normalized spacial score (nSPS) is 22.8. The fourth-order valence-electron chi connectivity index (χ4n) is 3.56. The van der Waals surface area contributed by atoms with E-state index in [4.69, 9.17) is 4.74 Å². The van der Waals surface area contributed by atoms with E-state index in [2.05, 4.69) is 51.5 Å². The quantitative estimate of drug-likeness (QED) is 0.411. The lowest BCUT2D eigenvalue weighted by molar-refractivity contribution is 0.0195. The molecule has 5 nitrogen and oxygen atoms in total. The van der Waals surface area contributed by atoms with Crippen LogP contribution < -0.4 is 5.32 Å². The number of halogens is 1. The molecule has 25 heavy (non-hydrogen) atoms. The summed E-state index contributed by atoms with van der Waals surface area (Å²) in [6.45, 7) is 11.5. The summed E-state index contributed by atoms with van der Waals surface area (Å²) in [6, 6.07) is 4.99. The molecule has 2 fully saturated rings. The van der Waals surface area contributed by atoms with Gasteiger partial charge in [0, 0.05) is 56.1 Å². The lowest BCUT2D eigenvalue weighted by Gasteiger charge is -2.32. The van der Waals surface area contributed by atoms with Crippen molar-refractivity contribution >= 4 is 41.3 Å². The Morgan fingerprint density at radius 1 is 1.36 bits per heavy atom. The number of thiophene rings is 1. The number of ether oxygens (including phenoxy) is 1. The molecule has 0 radical (unpaired) electrons. The standard InChI is InChI=1S/C18H30N4OS.HI/c1-18(2,16-5-4-12-24-16)14-20-17(19-3)22-7-6-15(13-22)21-8-10-23-11-9-21;/h4-5,12,15H,6-11,13-14H2,1-3H3,(H,19,20);1H. The lowest BCUT2D eigenvalue weighted by Crippen LogP contribution is -2.48. The van der Waals surface area contributed by atoms with Gasteiger partial charge in [0.05, 0.1) is 13.2 Å². The smallest absolute Gasteiger partial charge is 0.193 e. The minimum absolute atomic E-state index is 0. The van der Waals surface area contributed by atoms with Crippen LogP contribution in [0.25, 0.3) is 0 Å². The molecule has 0 bridgehead atoms. The molecule has 0 amide bonds. The van der Waals surface area contributed by atoms with Crippen molar-refractivity contribution in [3.8, 4) is 0 Å². The number of aliphatic imine (C=N–C) groups is 1. The molecule has 0 aliphatic carbocycles. The zero-order chi connectivity index (χ0) is 17.0. The first-order chi connectivity index (χ1) is 11.6. The Morgan fingerprint density at radius 2 is 2.12 bits per heavy atom. The van der Waals surface area contributed by atoms with Crippen LogP contribution in [0.1, 0.15) is 25.1 Å². The van der Waals surface area contributed by atoms with E-state index >= 15 is 0 Å². The third-order valence-corrected chi connectivity index (χ3v) is 6.35. The van der Waals surface area contributed by atoms with Crippen LogP contribution >= 0.6 is 35.3 Å². The Labute approximate surface area is 172 Å². The maximum atomic E-state index is 5.48. The minimum Gasteiger partial charge on any atom is -0.379 e. The Balaban J connectivity index is 0.00000225. The van der Waals surface area contributed by atoms with Gasteiger partial charge in [0.25, 0.3) is 0 Å². The van der Waals surface area contributed by atoms with Gasteiger partial charge in [-0.2, -0.15) is 0 Å². The fourth-order valence-corrected chi connectivity index (χ4v) is 4.41. The Morgan fingerprint density at radius 3 is 2.76 bits per heavy atom. The van der Waals surface area contributed by atoms with Gasteiger partial charge in [-0.1, -0.05) is 19.9 Å². The van der Waals surface area contributed by atoms with E-state index in [0.717, 1.165) is 51.9 Å². The van der Waals surface area contributed by atoms with E-state index in [9.17, 15) is 0 Å². The third-order valence-electron chi connectivity index (χ3n) is 5.11. The molecule has 142 valence electrons. The predicted molar refractivity (Wildman–Crippen MR) is 116 cm³/mol. The number of morpholine rings is 1. The first kappa shape index (κ1) is 20.9. The van der Waals surface area contributed by atoms with Crippen LogP contribution in [-0.2, 0) is 10.2 Å². The summed E-state index contributed by atoms with van der Waals surface area (Å²) in [5, 5.41) is 5.75. The van der Waals surface area contributed by atoms with Crippen molar-refractivity contribution < 1.29 is 4.74 Å². The molecule has 1 atom stereocenters. The number of guanidine groups is 1. The summed E-state index contributed by atoms with van der Waals surface area (Å²) >= 11 is 1.83. The van der Waals surface area contributed by atoms with Gasteiger partial charge in [0.15, 0.2) is 5.96 Å². The Bertz CT molecular complexity index is 543. The number of nitrogens with zero attached hydrogens (tertiary/aromatic N) is 3. The van der Waals surface area contributed by atoms with Crippen LogP contribution in [0, 0.1) is 0 Å². The van der Waals surface area contributed by atoms with Gasteiger partial charge in [-0.05, 0) is 17.9 Å². The molecule has 0 saturated carbocycles. The van der Waals surface area contributed by atoms with E-state index in [1.54, 1.807) is 0 Å². The first-order valence-electron chi connectivity index (χ1n) is 8.91. The van der Waals surface area contributed by atoms with Gasteiger partial charge >= 0.3 is 0 Å². The number of hydrogen-bond acceptors (Lipinski definition) is 4. The second-order valence-electron chi connectivity index (χ2n) is 7.30. The third kappa shape index (κ3) is 5.30. The largest absolute Gasteiger partial charge is 0.379 e. The summed E-state index contributed by atoms with van der Waals surface area (Å²) in [7, 11) is 1.89. The van der Waals surface area contributed by atoms with Crippen molar-refractivity contribution in [2.45, 2.75) is 31.7 Å². The van der Waals surface area contributed by atoms with Gasteiger partial charge in [-0.15, -0.1) is 35.3 Å². The van der Waals surface area contributed by atoms with Crippen LogP contribution in [0.15, 0.2) is 22.5 Å². The maximum absolute atomic E-state index is 5.48. The Hall–Kier alpha value is -0.380. The molecule has 2 aliphatic heterocycles. The average Bonchev–Trinajstić information content (AvgIpc) is 3.29. The molecule has 2 saturated heterocycles. The zero-order valence-corrected chi connectivity index (χ0v) is 18.7. The lowest BCUT2D eigenvalue weighted by atomic mass is 9.91. The molecule has 3 rings (SSSR count). The van der Waals surface area contributed by atoms with Crippen molar-refractivity contribution in [3.05, 3.63) is 22.4 Å². The van der Waals surface area contributed by atoms with E-state index in [1.165, 1.54) is 11.3 Å². The van der Waals surface area contributed by atoms with Crippen molar-refractivity contribution in [3.63, 3.8) is 0 Å². The summed E-state index contributed by atoms with van der Waals surface area (Å²) < 4.78 is 5.48. The minimum atomic E-state index is 0. The molecular weight excluding hydrogens is 447 g/mol. The molecule has 0 spiro atoms. The highest BCUT2D eigenvalue weighted by Crippen LogP contribution is 2.26. The highest BCUT2D eigenvalue weighted by Gasteiger charge is 2.31. The first-order valence-corrected chi connectivity index (χ1v) is 9.79. The molecule has 1 N–H and O–H groups in total. The van der Waals surface area contributed by atoms with E-state index in [-0.39, 0.29) is 29.4 Å². The average molecular weight is 478 g/mol. The van der Waals surface area contributed by atoms with Crippen molar-refractivity contribution in [2.24, 2.45) is 4.99 Å². The predicted octanol–water partition coefficient (Wildman–Crippen LogP) is 2.63. The van der Waals surface area contributed by atoms with Crippen molar-refractivity contribution in [1.82, 2.24) is 15.1 Å². The van der Waals surface area contributed by atoms with E-state index in [1.807, 2.05) is 18.4 Å². The van der Waals surface area contributed by atoms with Gasteiger partial charge in [0.1, 0.15) is 0 Å². The maximum Gasteiger partial charge on any atom is 0.193 e. The number of rotatable bonds is 4. The molecule has 7 heteroatoms. The van der Waals surface area contributed by atoms with E-state index in [0.29, 0.717) is 6.04 Å². The van der Waals surface area contributed by atoms with Gasteiger partial charge < -0.3 is 15.0 Å². The van der Waals surface area contributed by atoms with E-state index < -0.39 is 0 Å². The summed E-state index contributed by atoms with van der Waals surface area (Å²) in [5.41, 5.74) is 0.118. The van der Waals surface area contributed by atoms with Crippen molar-refractivity contribution in [1.29, 1.82) is 0 Å². The van der Waals surface area contributed by atoms with Gasteiger partial charge in [0.2, 0.25) is 0 Å². The molecule has 1 unspecified atom stereocenters. The molecule has 2 aliphatic rings. The molecule has 1 aromatic heterocycles. The fraction of sp³-hybridized carbons (Fsp3) is 0.722. The van der Waals surface area contributed by atoms with Crippen LogP contribution in [0.5, 0.6) is 0 Å². The number of likely N-dealkylation sites (tertiary alicyclic amines) is 1. The SMILES string of the molecule is CN=C(NCC(C)(C)c1cccs1)N1CCC(N2CCOCC2)C1.I. The summed E-state index contributed by atoms with van der Waals surface area (Å²) in [4.78, 5) is 10.9. The van der Waals surface area contributed by atoms with Crippen molar-refractivity contribution in [2.75, 3.05) is 53.0 Å². The molecule has 0 aromatic carbocycles. The molecule has 1 aromatic rings. The number of nitrogens with one attached hydrogen (secondary N) is 1. The highest BCUT2D eigenvalue weighted by atomic mass is 127. The topological polar surface area (TPSA) is 40.1 Å². The van der Waals surface area contributed by atoms with Crippen LogP contribution in [0.4, 0.5) is 0 Å². The van der Waals surface area contributed by atoms with Crippen LogP contribution in [-0.4, -0.2) is 74.8 Å². The Kier molecular flexibility index (Phi) is 7.97. The van der Waals surface area contributed by atoms with Crippen LogP contribution in [0.2, 0.25) is 0 Å². The highest BCUT2D eigenvalue weighted by molar-refractivity contribution is 14.0. The van der Waals surface area contributed by atoms with Crippen LogP contribution in [0.3, 0.4) is 0 Å². The second kappa shape index (κ2) is 9.53. The summed E-state index contributed by atoms with van der Waals surface area (Å²) in [6.07, 6.45) is 1.22. The molecule has 3 heterocycles.